The van der Waals surface area contributed by atoms with E-state index in [9.17, 15) is 13.8 Å². The lowest BCUT2D eigenvalue weighted by Crippen LogP contribution is -2.49. The minimum atomic E-state index is -3.54. The number of rotatable bonds is 6. The molecule has 7 atom stereocenters. The number of carbonyl (C=O) groups is 2. The Hall–Kier alpha value is -3.93. The number of hydrogen-bond donors (Lipinski definition) is 1. The predicted molar refractivity (Wildman–Crippen MR) is 229 cm³/mol. The summed E-state index contributed by atoms with van der Waals surface area (Å²) < 4.78 is 42.5. The quantitative estimate of drug-likeness (QED) is 0.251. The van der Waals surface area contributed by atoms with Crippen molar-refractivity contribution in [1.29, 1.82) is 0 Å². The van der Waals surface area contributed by atoms with Crippen LogP contribution in [0.2, 0.25) is 0 Å². The number of aryl methyl sites for hydroxylation is 3. The van der Waals surface area contributed by atoms with Crippen LogP contribution in [-0.2, 0) is 44.7 Å². The molecule has 2 unspecified atom stereocenters. The molecule has 1 saturated heterocycles. The van der Waals surface area contributed by atoms with Gasteiger partial charge in [0.15, 0.2) is 0 Å². The summed E-state index contributed by atoms with van der Waals surface area (Å²) in [5, 5.41) is 0. The van der Waals surface area contributed by atoms with Crippen LogP contribution in [-0.4, -0.2) is 72.5 Å². The number of anilines is 1. The summed E-state index contributed by atoms with van der Waals surface area (Å²) >= 11 is 0. The predicted octanol–water partition coefficient (Wildman–Crippen LogP) is 8.00. The normalized spacial score (nSPS) is 30.2. The molecule has 4 heterocycles. The van der Waals surface area contributed by atoms with Crippen LogP contribution >= 0.6 is 0 Å². The lowest BCUT2D eigenvalue weighted by atomic mass is 9.68. The monoisotopic (exact) mass is 810 g/mol. The average Bonchev–Trinajstić information content (AvgIpc) is 3.49. The van der Waals surface area contributed by atoms with Crippen LogP contribution in [0, 0.1) is 36.5 Å². The second kappa shape index (κ2) is 17.0. The van der Waals surface area contributed by atoms with Gasteiger partial charge < -0.3 is 23.7 Å². The first-order valence-electron chi connectivity index (χ1n) is 21.6. The van der Waals surface area contributed by atoms with Crippen molar-refractivity contribution in [2.45, 2.75) is 90.1 Å². The number of amides is 2. The van der Waals surface area contributed by atoms with Crippen LogP contribution in [0.4, 0.5) is 5.69 Å². The summed E-state index contributed by atoms with van der Waals surface area (Å²) in [6, 6.07) is 14.2. The van der Waals surface area contributed by atoms with Crippen LogP contribution in [0.25, 0.3) is 0 Å². The van der Waals surface area contributed by atoms with Gasteiger partial charge >= 0.3 is 0 Å². The first-order chi connectivity index (χ1) is 27.9. The van der Waals surface area contributed by atoms with Crippen LogP contribution in [0.5, 0.6) is 5.75 Å². The standard InChI is InChI=1S/C47H62N4O6S/c1-31-11-15-41-35(22-31)9-7-19-47(41)29-51-27-37-12-14-40(37)43(55-5)10-6-8-32(2)28-58(54,48-45(52)36-13-16-44(57-30-47)42(51)25-36)49-46(53)38-24-39(50(4)26-38)23-33(3)34-17-20-56-21-18-34/h6,10-11,13,15-16,22,24-26,32-34,37,40,43H,7-9,12,14,17-21,23,27-30H2,1-5H3,(H,48,49,52,53,54)/b10-6+/t32-,33?,37-,40+,43-,47-,58?/m0/s1. The van der Waals surface area contributed by atoms with Crippen molar-refractivity contribution in [3.63, 3.8) is 0 Å². The van der Waals surface area contributed by atoms with Gasteiger partial charge in [-0.25, -0.2) is 4.21 Å². The molecule has 0 radical (unpaired) electrons. The highest BCUT2D eigenvalue weighted by Crippen LogP contribution is 2.47. The summed E-state index contributed by atoms with van der Waals surface area (Å²) in [5.41, 5.74) is 6.46. The number of carbonyl (C=O) groups excluding carboxylic acids is 2. The third kappa shape index (κ3) is 8.54. The summed E-state index contributed by atoms with van der Waals surface area (Å²) in [7, 11) is 0.189. The number of nitrogens with one attached hydrogen (secondary N) is 1. The van der Waals surface area contributed by atoms with Crippen molar-refractivity contribution in [3.05, 3.63) is 94.3 Å². The SMILES string of the molecule is CO[C@H]1/C=C/C[C@H](C)CS(=O)(NC(=O)c2cc(CC(C)C3CCOCC3)n(C)c2)=NC(=O)c2ccc3c(c2)N(C[C@@H]2CC[C@H]21)C[C@@]1(CCCc2cc(C)ccc21)CO3. The van der Waals surface area contributed by atoms with Crippen molar-refractivity contribution >= 4 is 27.4 Å². The molecular formula is C47H62N4O6S. The molecule has 58 heavy (non-hydrogen) atoms. The zero-order valence-electron chi connectivity index (χ0n) is 35.0. The van der Waals surface area contributed by atoms with E-state index in [2.05, 4.69) is 58.2 Å². The van der Waals surface area contributed by atoms with E-state index >= 15 is 0 Å². The van der Waals surface area contributed by atoms with Crippen molar-refractivity contribution < 1.29 is 28.0 Å². The van der Waals surface area contributed by atoms with E-state index in [0.717, 1.165) is 94.8 Å². The molecular weight excluding hydrogens is 749 g/mol. The Bertz CT molecular complexity index is 2160. The fourth-order valence-corrected chi connectivity index (χ4v) is 12.3. The lowest BCUT2D eigenvalue weighted by Gasteiger charge is -2.46. The van der Waals surface area contributed by atoms with E-state index in [4.69, 9.17) is 14.2 Å². The summed E-state index contributed by atoms with van der Waals surface area (Å²) in [4.78, 5) is 30.7. The van der Waals surface area contributed by atoms with E-state index < -0.39 is 21.7 Å². The Morgan fingerprint density at radius 2 is 1.95 bits per heavy atom. The van der Waals surface area contributed by atoms with Gasteiger partial charge in [-0.15, -0.1) is 4.36 Å². The number of nitrogens with zero attached hydrogens (tertiary/aromatic N) is 3. The molecule has 2 amide bonds. The number of allylic oxidation sites excluding steroid dienone is 1. The third-order valence-corrected chi connectivity index (χ3v) is 15.9. The highest BCUT2D eigenvalue weighted by atomic mass is 32.2. The molecule has 2 aliphatic carbocycles. The van der Waals surface area contributed by atoms with Crippen molar-refractivity contribution in [3.8, 4) is 5.75 Å². The Balaban J connectivity index is 1.13. The highest BCUT2D eigenvalue weighted by molar-refractivity contribution is 7.92. The maximum absolute atomic E-state index is 14.9. The fourth-order valence-electron chi connectivity index (χ4n) is 10.4. The number of fused-ring (bicyclic) bond motifs is 4. The van der Waals surface area contributed by atoms with Gasteiger partial charge in [0.1, 0.15) is 15.7 Å². The molecule has 11 heteroatoms. The summed E-state index contributed by atoms with van der Waals surface area (Å²) in [6.07, 6.45) is 14.9. The largest absolute Gasteiger partial charge is 0.490 e. The molecule has 1 N–H and O–H groups in total. The molecule has 8 rings (SSSR count). The minimum absolute atomic E-state index is 0.0284. The topological polar surface area (TPSA) is 111 Å². The molecule has 5 aliphatic rings. The van der Waals surface area contributed by atoms with Gasteiger partial charge in [0.2, 0.25) is 0 Å². The van der Waals surface area contributed by atoms with Gasteiger partial charge in [-0.1, -0.05) is 49.8 Å². The summed E-state index contributed by atoms with van der Waals surface area (Å²) in [5.74, 6) is 1.29. The van der Waals surface area contributed by atoms with E-state index in [1.54, 1.807) is 19.4 Å². The molecule has 3 aliphatic heterocycles. The van der Waals surface area contributed by atoms with Gasteiger partial charge in [-0.2, -0.15) is 0 Å². The fraction of sp³-hybridized carbons (Fsp3) is 0.574. The molecule has 2 bridgehead atoms. The Kier molecular flexibility index (Phi) is 11.9. The Morgan fingerprint density at radius 1 is 1.12 bits per heavy atom. The van der Waals surface area contributed by atoms with Crippen molar-refractivity contribution in [1.82, 2.24) is 9.29 Å². The number of ether oxygens (including phenoxy) is 3. The van der Waals surface area contributed by atoms with Crippen LogP contribution < -0.4 is 14.4 Å². The molecule has 1 spiro atoms. The molecule has 2 fully saturated rings. The molecule has 2 aromatic carbocycles. The van der Waals surface area contributed by atoms with E-state index in [1.807, 2.05) is 36.7 Å². The molecule has 312 valence electrons. The van der Waals surface area contributed by atoms with Crippen LogP contribution in [0.3, 0.4) is 0 Å². The van der Waals surface area contributed by atoms with Crippen molar-refractivity contribution in [2.24, 2.45) is 41.0 Å². The maximum Gasteiger partial charge on any atom is 0.286 e. The molecule has 1 saturated carbocycles. The smallest absolute Gasteiger partial charge is 0.286 e. The van der Waals surface area contributed by atoms with Gasteiger partial charge in [0.25, 0.3) is 11.8 Å². The number of hydrogen-bond acceptors (Lipinski definition) is 7. The van der Waals surface area contributed by atoms with E-state index in [1.165, 1.54) is 16.7 Å². The van der Waals surface area contributed by atoms with Gasteiger partial charge in [-0.3, -0.25) is 14.3 Å². The second-order valence-electron chi connectivity index (χ2n) is 18.2. The van der Waals surface area contributed by atoms with Crippen molar-refractivity contribution in [2.75, 3.05) is 50.7 Å². The van der Waals surface area contributed by atoms with E-state index in [-0.39, 0.29) is 23.2 Å². The minimum Gasteiger partial charge on any atom is -0.490 e. The van der Waals surface area contributed by atoms with Crippen LogP contribution in [0.15, 0.2) is 65.2 Å². The van der Waals surface area contributed by atoms with Gasteiger partial charge in [0, 0.05) is 63.3 Å². The third-order valence-electron chi connectivity index (χ3n) is 13.9. The number of benzene rings is 2. The average molecular weight is 811 g/mol. The van der Waals surface area contributed by atoms with Gasteiger partial charge in [0.05, 0.1) is 29.7 Å². The number of methoxy groups -OCH3 is 1. The van der Waals surface area contributed by atoms with Crippen LogP contribution in [0.1, 0.15) is 102 Å². The highest BCUT2D eigenvalue weighted by Gasteiger charge is 2.44. The zero-order chi connectivity index (χ0) is 40.6. The second-order valence-corrected chi connectivity index (χ2v) is 20.2. The number of aromatic nitrogens is 1. The molecule has 3 aromatic rings. The first kappa shape index (κ1) is 40.8. The van der Waals surface area contributed by atoms with E-state index in [0.29, 0.717) is 47.8 Å². The summed E-state index contributed by atoms with van der Waals surface area (Å²) in [6.45, 7) is 10.1. The first-order valence-corrected chi connectivity index (χ1v) is 23.3. The Labute approximate surface area is 345 Å². The maximum atomic E-state index is 14.9. The van der Waals surface area contributed by atoms with Gasteiger partial charge in [-0.05, 0) is 130 Å². The molecule has 10 nitrogen and oxygen atoms in total. The lowest BCUT2D eigenvalue weighted by molar-refractivity contribution is 0.0131. The molecule has 1 aromatic heterocycles. The zero-order valence-corrected chi connectivity index (χ0v) is 35.9. The Morgan fingerprint density at radius 3 is 2.72 bits per heavy atom.